The largest absolute Gasteiger partial charge is 0.330 e. The number of ketones is 1. The third-order valence-corrected chi connectivity index (χ3v) is 3.67. The standard InChI is InChI=1S/C16H23F2NO/c1-11(2)12(7-8-19)3-5-15(20)10-13-9-14(17)4-6-16(13)18/h4,6,9,11-12H,3,5,7-8,10,19H2,1-2H3. The number of hydrogen-bond acceptors (Lipinski definition) is 2. The van der Waals surface area contributed by atoms with E-state index in [2.05, 4.69) is 13.8 Å². The molecule has 0 aliphatic rings. The normalized spacial score (nSPS) is 12.7. The van der Waals surface area contributed by atoms with Crippen molar-refractivity contribution < 1.29 is 13.6 Å². The Morgan fingerprint density at radius 3 is 2.55 bits per heavy atom. The highest BCUT2D eigenvalue weighted by molar-refractivity contribution is 5.80. The average molecular weight is 283 g/mol. The second-order valence-electron chi connectivity index (χ2n) is 5.57. The highest BCUT2D eigenvalue weighted by atomic mass is 19.1. The Hall–Kier alpha value is -1.29. The summed E-state index contributed by atoms with van der Waals surface area (Å²) in [7, 11) is 0. The lowest BCUT2D eigenvalue weighted by Crippen LogP contribution is -2.16. The van der Waals surface area contributed by atoms with Crippen LogP contribution < -0.4 is 5.73 Å². The Bertz CT molecular complexity index is 446. The summed E-state index contributed by atoms with van der Waals surface area (Å²) in [6.45, 7) is 4.82. The molecule has 0 saturated carbocycles. The minimum Gasteiger partial charge on any atom is -0.330 e. The molecule has 1 aromatic rings. The predicted molar refractivity (Wildman–Crippen MR) is 76.3 cm³/mol. The molecule has 0 radical (unpaired) electrons. The lowest BCUT2D eigenvalue weighted by molar-refractivity contribution is -0.118. The van der Waals surface area contributed by atoms with Gasteiger partial charge in [0.1, 0.15) is 17.4 Å². The van der Waals surface area contributed by atoms with Crippen LogP contribution in [0.3, 0.4) is 0 Å². The van der Waals surface area contributed by atoms with Gasteiger partial charge in [0.25, 0.3) is 0 Å². The molecule has 0 spiro atoms. The van der Waals surface area contributed by atoms with Crippen molar-refractivity contribution in [1.82, 2.24) is 0 Å². The number of benzene rings is 1. The molecule has 0 aromatic heterocycles. The van der Waals surface area contributed by atoms with E-state index in [-0.39, 0.29) is 17.8 Å². The van der Waals surface area contributed by atoms with Crippen LogP contribution in [0.4, 0.5) is 8.78 Å². The molecule has 0 heterocycles. The van der Waals surface area contributed by atoms with Crippen molar-refractivity contribution in [3.63, 3.8) is 0 Å². The van der Waals surface area contributed by atoms with Crippen LogP contribution in [0.15, 0.2) is 18.2 Å². The van der Waals surface area contributed by atoms with Crippen molar-refractivity contribution in [3.05, 3.63) is 35.4 Å². The Morgan fingerprint density at radius 1 is 1.25 bits per heavy atom. The molecule has 0 aliphatic heterocycles. The molecule has 1 atom stereocenters. The van der Waals surface area contributed by atoms with E-state index in [1.54, 1.807) is 0 Å². The van der Waals surface area contributed by atoms with Crippen molar-refractivity contribution in [3.8, 4) is 0 Å². The Kier molecular flexibility index (Phi) is 6.79. The fourth-order valence-electron chi connectivity index (χ4n) is 2.35. The zero-order chi connectivity index (χ0) is 15.1. The quantitative estimate of drug-likeness (QED) is 0.793. The number of carbonyl (C=O) groups is 1. The average Bonchev–Trinajstić information content (AvgIpc) is 2.38. The molecule has 1 unspecified atom stereocenters. The lowest BCUT2D eigenvalue weighted by atomic mass is 9.87. The van der Waals surface area contributed by atoms with Gasteiger partial charge in [-0.1, -0.05) is 13.8 Å². The molecule has 0 bridgehead atoms. The first-order valence-electron chi connectivity index (χ1n) is 7.09. The minimum atomic E-state index is -0.526. The molecule has 0 aliphatic carbocycles. The molecular weight excluding hydrogens is 260 g/mol. The van der Waals surface area contributed by atoms with E-state index < -0.39 is 11.6 Å². The van der Waals surface area contributed by atoms with E-state index in [1.807, 2.05) is 0 Å². The number of rotatable bonds is 8. The van der Waals surface area contributed by atoms with Crippen LogP contribution in [0.5, 0.6) is 0 Å². The van der Waals surface area contributed by atoms with Crippen LogP contribution in [0, 0.1) is 23.5 Å². The van der Waals surface area contributed by atoms with Gasteiger partial charge >= 0.3 is 0 Å². The van der Waals surface area contributed by atoms with Gasteiger partial charge in [-0.3, -0.25) is 4.79 Å². The Labute approximate surface area is 119 Å². The summed E-state index contributed by atoms with van der Waals surface area (Å²) in [6.07, 6.45) is 1.99. The molecule has 0 saturated heterocycles. The van der Waals surface area contributed by atoms with E-state index >= 15 is 0 Å². The van der Waals surface area contributed by atoms with Crippen molar-refractivity contribution in [2.24, 2.45) is 17.6 Å². The molecular formula is C16H23F2NO. The molecule has 4 heteroatoms. The van der Waals surface area contributed by atoms with Gasteiger partial charge in [-0.15, -0.1) is 0 Å². The first-order valence-corrected chi connectivity index (χ1v) is 7.09. The van der Waals surface area contributed by atoms with Crippen LogP contribution in [-0.2, 0) is 11.2 Å². The smallest absolute Gasteiger partial charge is 0.137 e. The van der Waals surface area contributed by atoms with Crippen molar-refractivity contribution in [2.45, 2.75) is 39.5 Å². The summed E-state index contributed by atoms with van der Waals surface area (Å²) < 4.78 is 26.5. The highest BCUT2D eigenvalue weighted by Crippen LogP contribution is 2.21. The maximum atomic E-state index is 13.4. The molecule has 1 aromatic carbocycles. The summed E-state index contributed by atoms with van der Waals surface area (Å²) in [6, 6.07) is 3.20. The SMILES string of the molecule is CC(C)C(CCN)CCC(=O)Cc1cc(F)ccc1F. The van der Waals surface area contributed by atoms with E-state index in [4.69, 9.17) is 5.73 Å². The van der Waals surface area contributed by atoms with Crippen LogP contribution in [-0.4, -0.2) is 12.3 Å². The number of carbonyl (C=O) groups excluding carboxylic acids is 1. The van der Waals surface area contributed by atoms with Crippen LogP contribution in [0.2, 0.25) is 0 Å². The summed E-state index contributed by atoms with van der Waals surface area (Å²) in [5.41, 5.74) is 5.69. The van der Waals surface area contributed by atoms with Gasteiger partial charge < -0.3 is 5.73 Å². The predicted octanol–water partition coefficient (Wildman–Crippen LogP) is 3.48. The lowest BCUT2D eigenvalue weighted by Gasteiger charge is -2.19. The van der Waals surface area contributed by atoms with Crippen molar-refractivity contribution >= 4 is 5.78 Å². The summed E-state index contributed by atoms with van der Waals surface area (Å²) in [5, 5.41) is 0. The van der Waals surface area contributed by atoms with E-state index in [0.29, 0.717) is 24.8 Å². The molecule has 1 rings (SSSR count). The summed E-state index contributed by atoms with van der Waals surface area (Å²) in [4.78, 5) is 11.9. The number of Topliss-reactive ketones (excluding diaryl/α,β-unsaturated/α-hetero) is 1. The van der Waals surface area contributed by atoms with E-state index in [9.17, 15) is 13.6 Å². The second-order valence-corrected chi connectivity index (χ2v) is 5.57. The van der Waals surface area contributed by atoms with Gasteiger partial charge in [0, 0.05) is 12.8 Å². The van der Waals surface area contributed by atoms with Gasteiger partial charge in [0.05, 0.1) is 0 Å². The highest BCUT2D eigenvalue weighted by Gasteiger charge is 2.15. The van der Waals surface area contributed by atoms with Gasteiger partial charge in [0.15, 0.2) is 0 Å². The monoisotopic (exact) mass is 283 g/mol. The number of hydrogen-bond donors (Lipinski definition) is 1. The van der Waals surface area contributed by atoms with Crippen molar-refractivity contribution in [2.75, 3.05) is 6.54 Å². The molecule has 2 N–H and O–H groups in total. The zero-order valence-corrected chi connectivity index (χ0v) is 12.2. The molecule has 112 valence electrons. The number of nitrogens with two attached hydrogens (primary N) is 1. The number of halogens is 2. The molecule has 2 nitrogen and oxygen atoms in total. The fraction of sp³-hybridized carbons (Fsp3) is 0.562. The third-order valence-electron chi connectivity index (χ3n) is 3.67. The maximum Gasteiger partial charge on any atom is 0.137 e. The van der Waals surface area contributed by atoms with Gasteiger partial charge in [0.2, 0.25) is 0 Å². The molecule has 0 fully saturated rings. The summed E-state index contributed by atoms with van der Waals surface area (Å²) >= 11 is 0. The Morgan fingerprint density at radius 2 is 1.95 bits per heavy atom. The first kappa shape index (κ1) is 16.8. The van der Waals surface area contributed by atoms with Crippen molar-refractivity contribution in [1.29, 1.82) is 0 Å². The van der Waals surface area contributed by atoms with E-state index in [1.165, 1.54) is 0 Å². The first-order chi connectivity index (χ1) is 9.43. The fourth-order valence-corrected chi connectivity index (χ4v) is 2.35. The van der Waals surface area contributed by atoms with Crippen LogP contribution in [0.25, 0.3) is 0 Å². The third kappa shape index (κ3) is 5.37. The summed E-state index contributed by atoms with van der Waals surface area (Å²) in [5.74, 6) is -0.227. The molecule has 20 heavy (non-hydrogen) atoms. The minimum absolute atomic E-state index is 0.0446. The van der Waals surface area contributed by atoms with Crippen LogP contribution >= 0.6 is 0 Å². The van der Waals surface area contributed by atoms with E-state index in [0.717, 1.165) is 31.0 Å². The van der Waals surface area contributed by atoms with Gasteiger partial charge in [-0.2, -0.15) is 0 Å². The molecule has 0 amide bonds. The maximum absolute atomic E-state index is 13.4. The topological polar surface area (TPSA) is 43.1 Å². The zero-order valence-electron chi connectivity index (χ0n) is 12.2. The van der Waals surface area contributed by atoms with Crippen LogP contribution in [0.1, 0.15) is 38.7 Å². The van der Waals surface area contributed by atoms with Gasteiger partial charge in [-0.25, -0.2) is 8.78 Å². The van der Waals surface area contributed by atoms with Gasteiger partial charge in [-0.05, 0) is 55.0 Å². The Balaban J connectivity index is 2.53. The second kappa shape index (κ2) is 8.10.